The van der Waals surface area contributed by atoms with Crippen LogP contribution in [0.5, 0.6) is 5.75 Å². The summed E-state index contributed by atoms with van der Waals surface area (Å²) in [6.45, 7) is -0.220. The minimum Gasteiger partial charge on any atom is -0.496 e. The minimum atomic E-state index is -1.22. The molecule has 0 radical (unpaired) electrons. The lowest BCUT2D eigenvalue weighted by Crippen LogP contribution is -2.32. The van der Waals surface area contributed by atoms with Crippen molar-refractivity contribution in [2.75, 3.05) is 26.1 Å². The van der Waals surface area contributed by atoms with Crippen LogP contribution in [0.2, 0.25) is 5.02 Å². The van der Waals surface area contributed by atoms with E-state index in [0.29, 0.717) is 0 Å². The van der Waals surface area contributed by atoms with E-state index < -0.39 is 23.9 Å². The van der Waals surface area contributed by atoms with E-state index in [1.165, 1.54) is 44.6 Å². The first-order chi connectivity index (χ1) is 12.9. The molecular weight excluding hydrogens is 379 g/mol. The lowest BCUT2D eigenvalue weighted by Gasteiger charge is -2.15. The maximum atomic E-state index is 13.6. The number of carbonyl (C=O) groups is 2. The van der Waals surface area contributed by atoms with Gasteiger partial charge in [-0.2, -0.15) is 0 Å². The first-order valence-electron chi connectivity index (χ1n) is 7.80. The number of aliphatic hydroxyl groups excluding tert-OH is 1. The van der Waals surface area contributed by atoms with Gasteiger partial charge in [0.15, 0.2) is 0 Å². The smallest absolute Gasteiger partial charge is 0.341 e. The van der Waals surface area contributed by atoms with Gasteiger partial charge in [0, 0.05) is 18.2 Å². The molecule has 0 aliphatic heterocycles. The molecule has 0 fully saturated rings. The van der Waals surface area contributed by atoms with Crippen molar-refractivity contribution >= 4 is 29.3 Å². The molecule has 2 aromatic carbocycles. The van der Waals surface area contributed by atoms with Gasteiger partial charge in [-0.1, -0.05) is 29.8 Å². The Morgan fingerprint density at radius 1 is 1.26 bits per heavy atom. The van der Waals surface area contributed by atoms with Crippen molar-refractivity contribution in [2.45, 2.75) is 6.10 Å². The molecule has 1 atom stereocenters. The van der Waals surface area contributed by atoms with Crippen LogP contribution in [0.15, 0.2) is 36.4 Å². The van der Waals surface area contributed by atoms with E-state index in [9.17, 15) is 19.1 Å². The number of urea groups is 1. The second-order valence-electron chi connectivity index (χ2n) is 5.40. The predicted molar refractivity (Wildman–Crippen MR) is 97.7 cm³/mol. The number of carbonyl (C=O) groups excluding carboxylic acids is 2. The van der Waals surface area contributed by atoms with E-state index in [2.05, 4.69) is 15.4 Å². The Balaban J connectivity index is 2.05. The molecule has 2 amide bonds. The van der Waals surface area contributed by atoms with E-state index >= 15 is 0 Å². The van der Waals surface area contributed by atoms with Crippen molar-refractivity contribution in [1.82, 2.24) is 5.32 Å². The van der Waals surface area contributed by atoms with Crippen LogP contribution in [-0.2, 0) is 4.74 Å². The number of benzene rings is 2. The van der Waals surface area contributed by atoms with Gasteiger partial charge in [0.05, 0.1) is 31.0 Å². The molecule has 7 nitrogen and oxygen atoms in total. The summed E-state index contributed by atoms with van der Waals surface area (Å²) in [6.07, 6.45) is -1.22. The van der Waals surface area contributed by atoms with Crippen molar-refractivity contribution in [3.8, 4) is 5.75 Å². The van der Waals surface area contributed by atoms with Crippen molar-refractivity contribution < 1.29 is 28.6 Å². The normalized spacial score (nSPS) is 11.4. The highest BCUT2D eigenvalue weighted by molar-refractivity contribution is 6.34. The van der Waals surface area contributed by atoms with Gasteiger partial charge >= 0.3 is 12.0 Å². The van der Waals surface area contributed by atoms with Crippen molar-refractivity contribution in [1.29, 1.82) is 0 Å². The van der Waals surface area contributed by atoms with Crippen LogP contribution in [0.3, 0.4) is 0 Å². The molecule has 0 heterocycles. The number of hydrogen-bond donors (Lipinski definition) is 3. The van der Waals surface area contributed by atoms with Crippen LogP contribution < -0.4 is 15.4 Å². The third kappa shape index (κ3) is 5.08. The zero-order chi connectivity index (χ0) is 20.0. The van der Waals surface area contributed by atoms with E-state index in [1.807, 2.05) is 0 Å². The Labute approximate surface area is 160 Å². The zero-order valence-corrected chi connectivity index (χ0v) is 15.3. The van der Waals surface area contributed by atoms with Crippen LogP contribution in [0.4, 0.5) is 14.9 Å². The van der Waals surface area contributed by atoms with Gasteiger partial charge < -0.3 is 25.2 Å². The van der Waals surface area contributed by atoms with Crippen molar-refractivity contribution in [2.24, 2.45) is 0 Å². The average Bonchev–Trinajstić information content (AvgIpc) is 2.67. The van der Waals surface area contributed by atoms with Crippen LogP contribution in [-0.4, -0.2) is 37.9 Å². The summed E-state index contributed by atoms with van der Waals surface area (Å²) in [5.74, 6) is -1.05. The number of ether oxygens (including phenoxy) is 2. The quantitative estimate of drug-likeness (QED) is 0.652. The number of methoxy groups -OCH3 is 2. The number of anilines is 1. The molecule has 2 aromatic rings. The Bertz CT molecular complexity index is 846. The van der Waals surface area contributed by atoms with Gasteiger partial charge in [0.25, 0.3) is 0 Å². The van der Waals surface area contributed by atoms with Gasteiger partial charge in [0.2, 0.25) is 0 Å². The summed E-state index contributed by atoms with van der Waals surface area (Å²) in [5.41, 5.74) is 0.352. The summed E-state index contributed by atoms with van der Waals surface area (Å²) < 4.78 is 23.4. The predicted octanol–water partition coefficient (Wildman–Crippen LogP) is 3.13. The molecule has 0 saturated heterocycles. The number of halogens is 2. The summed E-state index contributed by atoms with van der Waals surface area (Å²) in [4.78, 5) is 23.7. The molecule has 9 heteroatoms. The molecular formula is C18H18ClFN2O5. The Hall–Kier alpha value is -2.84. The largest absolute Gasteiger partial charge is 0.496 e. The summed E-state index contributed by atoms with van der Waals surface area (Å²) >= 11 is 6.08. The number of nitrogens with one attached hydrogen (secondary N) is 2. The number of amides is 2. The molecule has 0 aliphatic carbocycles. The van der Waals surface area contributed by atoms with Gasteiger partial charge in [-0.15, -0.1) is 0 Å². The van der Waals surface area contributed by atoms with E-state index in [4.69, 9.17) is 16.3 Å². The Morgan fingerprint density at radius 2 is 1.96 bits per heavy atom. The maximum absolute atomic E-state index is 13.6. The first-order valence-corrected chi connectivity index (χ1v) is 8.18. The molecule has 0 unspecified atom stereocenters. The van der Waals surface area contributed by atoms with E-state index in [0.717, 1.165) is 0 Å². The fraction of sp³-hybridized carbons (Fsp3) is 0.222. The van der Waals surface area contributed by atoms with Crippen LogP contribution in [0.1, 0.15) is 22.0 Å². The lowest BCUT2D eigenvalue weighted by molar-refractivity contribution is 0.0597. The maximum Gasteiger partial charge on any atom is 0.341 e. The first kappa shape index (κ1) is 20.5. The van der Waals surface area contributed by atoms with Crippen LogP contribution in [0, 0.1) is 5.82 Å². The lowest BCUT2D eigenvalue weighted by atomic mass is 10.1. The molecule has 144 valence electrons. The third-order valence-electron chi connectivity index (χ3n) is 3.66. The standard InChI is InChI=1S/C18H18ClFN2O5/c1-26-16-8-14(12(19)7-11(16)17(24)27-2)22-18(25)21-9-15(23)10-5-3-4-6-13(10)20/h3-8,15,23H,9H2,1-2H3,(H2,21,22,25)/t15-/m1/s1. The number of hydrogen-bond acceptors (Lipinski definition) is 5. The topological polar surface area (TPSA) is 96.9 Å². The molecule has 3 N–H and O–H groups in total. The van der Waals surface area contributed by atoms with Gasteiger partial charge in [-0.3, -0.25) is 0 Å². The van der Waals surface area contributed by atoms with E-state index in [-0.39, 0.29) is 34.1 Å². The molecule has 0 bridgehead atoms. The summed E-state index contributed by atoms with van der Waals surface area (Å²) in [7, 11) is 2.57. The SMILES string of the molecule is COC(=O)c1cc(Cl)c(NC(=O)NC[C@@H](O)c2ccccc2F)cc1OC. The molecule has 0 spiro atoms. The second-order valence-corrected chi connectivity index (χ2v) is 5.80. The van der Waals surface area contributed by atoms with Gasteiger partial charge in [0.1, 0.15) is 17.1 Å². The fourth-order valence-electron chi connectivity index (χ4n) is 2.30. The number of esters is 1. The Morgan fingerprint density at radius 3 is 2.59 bits per heavy atom. The average molecular weight is 397 g/mol. The van der Waals surface area contributed by atoms with Crippen molar-refractivity contribution in [3.05, 3.63) is 58.4 Å². The van der Waals surface area contributed by atoms with Crippen molar-refractivity contribution in [3.63, 3.8) is 0 Å². The third-order valence-corrected chi connectivity index (χ3v) is 3.98. The summed E-state index contributed by atoms with van der Waals surface area (Å²) in [6, 6.07) is 7.70. The van der Waals surface area contributed by atoms with E-state index in [1.54, 1.807) is 6.07 Å². The highest BCUT2D eigenvalue weighted by Crippen LogP contribution is 2.31. The fourth-order valence-corrected chi connectivity index (χ4v) is 2.51. The number of aliphatic hydroxyl groups is 1. The minimum absolute atomic E-state index is 0.0694. The highest BCUT2D eigenvalue weighted by Gasteiger charge is 2.18. The molecule has 0 aliphatic rings. The molecule has 27 heavy (non-hydrogen) atoms. The van der Waals surface area contributed by atoms with Gasteiger partial charge in [-0.25, -0.2) is 14.0 Å². The Kier molecular flexibility index (Phi) is 6.98. The zero-order valence-electron chi connectivity index (χ0n) is 14.6. The highest BCUT2D eigenvalue weighted by atomic mass is 35.5. The molecule has 2 rings (SSSR count). The second kappa shape index (κ2) is 9.20. The number of rotatable bonds is 6. The van der Waals surface area contributed by atoms with Crippen LogP contribution >= 0.6 is 11.6 Å². The molecule has 0 saturated carbocycles. The molecule has 0 aromatic heterocycles. The summed E-state index contributed by atoms with van der Waals surface area (Å²) in [5, 5.41) is 15.0. The monoisotopic (exact) mass is 396 g/mol. The van der Waals surface area contributed by atoms with Crippen LogP contribution in [0.25, 0.3) is 0 Å². The van der Waals surface area contributed by atoms with Gasteiger partial charge in [-0.05, 0) is 12.1 Å².